The number of sulfonamides is 1. The molecule has 1 N–H and O–H groups in total. The fourth-order valence-corrected chi connectivity index (χ4v) is 3.57. The lowest BCUT2D eigenvalue weighted by atomic mass is 10.0. The molecule has 152 valence electrons. The molecule has 2 aromatic carbocycles. The number of hydrogen-bond donors (Lipinski definition) is 1. The average Bonchev–Trinajstić information content (AvgIpc) is 2.69. The second-order valence-corrected chi connectivity index (χ2v) is 8.29. The van der Waals surface area contributed by atoms with Gasteiger partial charge in [-0.3, -0.25) is 0 Å². The third-order valence-corrected chi connectivity index (χ3v) is 6.02. The number of halogens is 1. The maximum atomic E-state index is 14.1. The topological polar surface area (TPSA) is 103 Å². The van der Waals surface area contributed by atoms with Crippen molar-refractivity contribution in [1.82, 2.24) is 4.72 Å². The summed E-state index contributed by atoms with van der Waals surface area (Å²) in [4.78, 5) is 24.0. The first kappa shape index (κ1) is 20.7. The second-order valence-electron chi connectivity index (χ2n) is 6.40. The van der Waals surface area contributed by atoms with Crippen molar-refractivity contribution in [2.75, 3.05) is 7.05 Å². The Morgan fingerprint density at radius 1 is 1.17 bits per heavy atom. The van der Waals surface area contributed by atoms with Crippen LogP contribution < -0.4 is 10.3 Å². The molecule has 0 unspecified atom stereocenters. The van der Waals surface area contributed by atoms with Gasteiger partial charge in [0, 0.05) is 17.0 Å². The molecule has 0 aliphatic carbocycles. The van der Waals surface area contributed by atoms with Gasteiger partial charge >= 0.3 is 11.6 Å². The van der Waals surface area contributed by atoms with Crippen molar-refractivity contribution >= 4 is 27.0 Å². The highest BCUT2D eigenvalue weighted by Crippen LogP contribution is 2.24. The molecule has 0 fully saturated rings. The number of carbonyl (C=O) groups excluding carboxylic acids is 1. The minimum Gasteiger partial charge on any atom is -0.457 e. The van der Waals surface area contributed by atoms with E-state index in [0.29, 0.717) is 16.5 Å². The molecule has 0 bridgehead atoms. The van der Waals surface area contributed by atoms with E-state index in [1.807, 2.05) is 13.0 Å². The van der Waals surface area contributed by atoms with Gasteiger partial charge in [-0.1, -0.05) is 12.1 Å². The maximum absolute atomic E-state index is 14.1. The highest BCUT2D eigenvalue weighted by atomic mass is 32.2. The molecule has 3 aromatic rings. The normalized spacial score (nSPS) is 11.6. The summed E-state index contributed by atoms with van der Waals surface area (Å²) in [5, 5.41) is 0.590. The summed E-state index contributed by atoms with van der Waals surface area (Å²) in [6.45, 7) is 3.36. The number of esters is 1. The molecule has 7 nitrogen and oxygen atoms in total. The summed E-state index contributed by atoms with van der Waals surface area (Å²) in [6, 6.07) is 7.59. The lowest BCUT2D eigenvalue weighted by molar-refractivity contribution is 0.0468. The van der Waals surface area contributed by atoms with E-state index in [0.717, 1.165) is 29.3 Å². The SMILES string of the molecule is CNS(=O)(=O)c1ccc(F)c(C(=O)OCc2cc(=O)oc3c(C)c(C)ccc23)c1. The second kappa shape index (κ2) is 7.76. The monoisotopic (exact) mass is 419 g/mol. The van der Waals surface area contributed by atoms with Crippen LogP contribution in [0.1, 0.15) is 27.0 Å². The first-order valence-electron chi connectivity index (χ1n) is 8.57. The lowest BCUT2D eigenvalue weighted by Gasteiger charge is -2.11. The van der Waals surface area contributed by atoms with Crippen LogP contribution >= 0.6 is 0 Å². The van der Waals surface area contributed by atoms with Crippen LogP contribution in [0.4, 0.5) is 4.39 Å². The number of hydrogen-bond acceptors (Lipinski definition) is 6. The Hall–Kier alpha value is -3.04. The third kappa shape index (κ3) is 4.06. The highest BCUT2D eigenvalue weighted by Gasteiger charge is 2.20. The van der Waals surface area contributed by atoms with Gasteiger partial charge < -0.3 is 9.15 Å². The van der Waals surface area contributed by atoms with Gasteiger partial charge in [0.1, 0.15) is 18.0 Å². The summed E-state index contributed by atoms with van der Waals surface area (Å²) in [6.07, 6.45) is 0. The van der Waals surface area contributed by atoms with E-state index in [4.69, 9.17) is 9.15 Å². The Balaban J connectivity index is 1.93. The summed E-state index contributed by atoms with van der Waals surface area (Å²) < 4.78 is 50.3. The van der Waals surface area contributed by atoms with E-state index < -0.39 is 33.0 Å². The molecule has 9 heteroatoms. The number of nitrogens with one attached hydrogen (secondary N) is 1. The molecule has 0 amide bonds. The van der Waals surface area contributed by atoms with Crippen molar-refractivity contribution in [1.29, 1.82) is 0 Å². The number of ether oxygens (including phenoxy) is 1. The lowest BCUT2D eigenvalue weighted by Crippen LogP contribution is -2.19. The van der Waals surface area contributed by atoms with Gasteiger partial charge in [-0.2, -0.15) is 0 Å². The first-order valence-corrected chi connectivity index (χ1v) is 10.1. The van der Waals surface area contributed by atoms with Crippen molar-refractivity contribution in [3.8, 4) is 0 Å². The van der Waals surface area contributed by atoms with Gasteiger partial charge in [0.2, 0.25) is 10.0 Å². The fraction of sp³-hybridized carbons (Fsp3) is 0.200. The first-order chi connectivity index (χ1) is 13.6. The number of carbonyl (C=O) groups is 1. The Morgan fingerprint density at radius 2 is 1.90 bits per heavy atom. The van der Waals surface area contributed by atoms with Crippen molar-refractivity contribution in [3.63, 3.8) is 0 Å². The molecular formula is C20H18FNO6S. The van der Waals surface area contributed by atoms with Crippen molar-refractivity contribution in [2.45, 2.75) is 25.3 Å². The average molecular weight is 419 g/mol. The number of benzene rings is 2. The number of rotatable bonds is 5. The fourth-order valence-electron chi connectivity index (χ4n) is 2.81. The minimum absolute atomic E-state index is 0.273. The Bertz CT molecular complexity index is 1280. The zero-order valence-electron chi connectivity index (χ0n) is 15.9. The van der Waals surface area contributed by atoms with Crippen LogP contribution in [0.25, 0.3) is 11.0 Å². The van der Waals surface area contributed by atoms with E-state index >= 15 is 0 Å². The molecule has 3 rings (SSSR count). The molecule has 1 heterocycles. The Morgan fingerprint density at radius 3 is 2.59 bits per heavy atom. The van der Waals surface area contributed by atoms with E-state index in [-0.39, 0.29) is 11.5 Å². The Kier molecular flexibility index (Phi) is 5.54. The molecule has 0 aliphatic rings. The van der Waals surface area contributed by atoms with Gasteiger partial charge in [-0.05, 0) is 50.2 Å². The summed E-state index contributed by atoms with van der Waals surface area (Å²) in [5.41, 5.74) is 1.36. The summed E-state index contributed by atoms with van der Waals surface area (Å²) in [5.74, 6) is -1.98. The van der Waals surface area contributed by atoms with E-state index in [2.05, 4.69) is 4.72 Å². The molecule has 0 aliphatic heterocycles. The number of fused-ring (bicyclic) bond motifs is 1. The molecule has 0 radical (unpaired) electrons. The number of aryl methyl sites for hydroxylation is 2. The quantitative estimate of drug-likeness (QED) is 0.504. The minimum atomic E-state index is -3.86. The highest BCUT2D eigenvalue weighted by molar-refractivity contribution is 7.89. The van der Waals surface area contributed by atoms with Crippen LogP contribution in [0.15, 0.2) is 50.5 Å². The molecule has 1 aromatic heterocycles. The standard InChI is InChI=1S/C20H18FNO6S/c1-11-4-6-15-13(8-18(23)28-19(15)12(11)2)10-27-20(24)16-9-14(5-7-17(16)21)29(25,26)22-3/h4-9,22H,10H2,1-3H3. The summed E-state index contributed by atoms with van der Waals surface area (Å²) in [7, 11) is -2.66. The zero-order valence-corrected chi connectivity index (χ0v) is 16.7. The third-order valence-electron chi connectivity index (χ3n) is 4.61. The van der Waals surface area contributed by atoms with Crippen LogP contribution in [0.5, 0.6) is 0 Å². The molecule has 0 spiro atoms. The molecular weight excluding hydrogens is 401 g/mol. The van der Waals surface area contributed by atoms with Gasteiger partial charge in [0.15, 0.2) is 0 Å². The van der Waals surface area contributed by atoms with Crippen LogP contribution in [0, 0.1) is 19.7 Å². The smallest absolute Gasteiger partial charge is 0.341 e. The largest absolute Gasteiger partial charge is 0.457 e. The van der Waals surface area contributed by atoms with Crippen molar-refractivity contribution in [2.24, 2.45) is 0 Å². The molecule has 0 saturated carbocycles. The van der Waals surface area contributed by atoms with E-state index in [1.54, 1.807) is 13.0 Å². The molecule has 29 heavy (non-hydrogen) atoms. The van der Waals surface area contributed by atoms with Crippen LogP contribution in [-0.4, -0.2) is 21.4 Å². The predicted molar refractivity (Wildman–Crippen MR) is 104 cm³/mol. The Labute approximate surface area is 166 Å². The molecule has 0 saturated heterocycles. The van der Waals surface area contributed by atoms with Gasteiger partial charge in [-0.15, -0.1) is 0 Å². The molecule has 0 atom stereocenters. The zero-order chi connectivity index (χ0) is 21.3. The van der Waals surface area contributed by atoms with Crippen molar-refractivity contribution in [3.05, 3.63) is 74.9 Å². The van der Waals surface area contributed by atoms with E-state index in [9.17, 15) is 22.4 Å². The predicted octanol–water partition coefficient (Wildman–Crippen LogP) is 2.81. The summed E-state index contributed by atoms with van der Waals surface area (Å²) >= 11 is 0. The van der Waals surface area contributed by atoms with Gasteiger partial charge in [-0.25, -0.2) is 27.1 Å². The van der Waals surface area contributed by atoms with E-state index in [1.165, 1.54) is 13.1 Å². The van der Waals surface area contributed by atoms with Gasteiger partial charge in [0.25, 0.3) is 0 Å². The van der Waals surface area contributed by atoms with Crippen LogP contribution in [0.3, 0.4) is 0 Å². The maximum Gasteiger partial charge on any atom is 0.341 e. The van der Waals surface area contributed by atoms with Crippen LogP contribution in [0.2, 0.25) is 0 Å². The van der Waals surface area contributed by atoms with Crippen molar-refractivity contribution < 1.29 is 26.8 Å². The van der Waals surface area contributed by atoms with Gasteiger partial charge in [0.05, 0.1) is 10.5 Å². The van der Waals surface area contributed by atoms with Crippen LogP contribution in [-0.2, 0) is 21.4 Å².